The molecule has 1 aliphatic rings. The van der Waals surface area contributed by atoms with Crippen LogP contribution in [0.25, 0.3) is 0 Å². The summed E-state index contributed by atoms with van der Waals surface area (Å²) in [5, 5.41) is 9.22. The predicted octanol–water partition coefficient (Wildman–Crippen LogP) is 3.03. The Morgan fingerprint density at radius 3 is 2.64 bits per heavy atom. The fourth-order valence-electron chi connectivity index (χ4n) is 3.14. The van der Waals surface area contributed by atoms with Gasteiger partial charge in [-0.1, -0.05) is 42.5 Å². The highest BCUT2D eigenvalue weighted by molar-refractivity contribution is 5.99. The van der Waals surface area contributed by atoms with E-state index in [4.69, 9.17) is 10.5 Å². The average molecular weight is 375 g/mol. The van der Waals surface area contributed by atoms with E-state index in [0.29, 0.717) is 17.1 Å². The van der Waals surface area contributed by atoms with Gasteiger partial charge in [-0.15, -0.1) is 0 Å². The highest BCUT2D eigenvalue weighted by atomic mass is 16.5. The van der Waals surface area contributed by atoms with E-state index in [1.165, 1.54) is 17.0 Å². The molecule has 0 saturated carbocycles. The Morgan fingerprint density at radius 2 is 1.89 bits per heavy atom. The third-order valence-electron chi connectivity index (χ3n) is 4.47. The number of aromatic carboxylic acids is 1. The van der Waals surface area contributed by atoms with E-state index in [-0.39, 0.29) is 23.8 Å². The molecule has 1 aliphatic heterocycles. The van der Waals surface area contributed by atoms with E-state index in [1.54, 1.807) is 24.3 Å². The molecule has 0 spiro atoms. The lowest BCUT2D eigenvalue weighted by atomic mass is 10.1. The summed E-state index contributed by atoms with van der Waals surface area (Å²) >= 11 is 0. The number of carbonyl (C=O) groups is 2. The van der Waals surface area contributed by atoms with Crippen LogP contribution in [0.15, 0.2) is 66.7 Å². The summed E-state index contributed by atoms with van der Waals surface area (Å²) in [6.07, 6.45) is -0.818. The zero-order chi connectivity index (χ0) is 19.7. The van der Waals surface area contributed by atoms with Gasteiger partial charge in [0.1, 0.15) is 5.82 Å². The zero-order valence-electron chi connectivity index (χ0n) is 14.8. The molecule has 0 saturated heterocycles. The van der Waals surface area contributed by atoms with Crippen molar-refractivity contribution in [1.29, 1.82) is 0 Å². The molecule has 3 N–H and O–H groups in total. The molecule has 28 heavy (non-hydrogen) atoms. The number of nitrogens with two attached hydrogens (primary N) is 1. The highest BCUT2D eigenvalue weighted by Gasteiger charge is 2.36. The number of fused-ring (bicyclic) bond motifs is 1. The van der Waals surface area contributed by atoms with Crippen LogP contribution in [0.1, 0.15) is 27.6 Å². The molecule has 1 unspecified atom stereocenters. The van der Waals surface area contributed by atoms with Crippen LogP contribution in [0.4, 0.5) is 11.6 Å². The molecule has 1 amide bonds. The average Bonchev–Trinajstić information content (AvgIpc) is 2.71. The number of carbonyl (C=O) groups excluding carboxylic acids is 1. The Labute approximate surface area is 161 Å². The SMILES string of the molecule is Nc1ccc2c(n1)N(Cc1cccc(C(=O)O)c1)C(=O)C(c1ccccc1)O2. The first-order valence-electron chi connectivity index (χ1n) is 8.64. The quantitative estimate of drug-likeness (QED) is 0.726. The van der Waals surface area contributed by atoms with Gasteiger partial charge in [0.05, 0.1) is 12.1 Å². The van der Waals surface area contributed by atoms with Crippen LogP contribution < -0.4 is 15.4 Å². The van der Waals surface area contributed by atoms with Crippen LogP contribution >= 0.6 is 0 Å². The number of carboxylic acid groups (broad SMARTS) is 1. The smallest absolute Gasteiger partial charge is 0.335 e. The van der Waals surface area contributed by atoms with Gasteiger partial charge in [-0.05, 0) is 29.8 Å². The van der Waals surface area contributed by atoms with Crippen molar-refractivity contribution < 1.29 is 19.4 Å². The Bertz CT molecular complexity index is 1050. The lowest BCUT2D eigenvalue weighted by Crippen LogP contribution is -2.41. The Hall–Kier alpha value is -3.87. The molecule has 4 rings (SSSR count). The molecule has 1 aromatic heterocycles. The number of hydrogen-bond acceptors (Lipinski definition) is 5. The number of ether oxygens (including phenoxy) is 1. The maximum absolute atomic E-state index is 13.2. The molecule has 2 heterocycles. The fraction of sp³-hybridized carbons (Fsp3) is 0.0952. The minimum Gasteiger partial charge on any atom is -0.478 e. The zero-order valence-corrected chi connectivity index (χ0v) is 14.8. The standard InChI is InChI=1S/C21H17N3O4/c22-17-10-9-16-19(23-17)24(12-13-5-4-8-15(11-13)21(26)27)20(25)18(28-16)14-6-2-1-3-7-14/h1-11,18H,12H2,(H2,22,23)(H,26,27). The normalized spacial score (nSPS) is 15.6. The van der Waals surface area contributed by atoms with Crippen molar-refractivity contribution >= 4 is 23.5 Å². The Morgan fingerprint density at radius 1 is 1.11 bits per heavy atom. The number of nitrogens with zero attached hydrogens (tertiary/aromatic N) is 2. The maximum atomic E-state index is 13.2. The first-order valence-corrected chi connectivity index (χ1v) is 8.64. The van der Waals surface area contributed by atoms with Crippen LogP contribution in [0.5, 0.6) is 5.75 Å². The van der Waals surface area contributed by atoms with E-state index in [0.717, 1.165) is 5.56 Å². The van der Waals surface area contributed by atoms with Crippen molar-refractivity contribution in [1.82, 2.24) is 4.98 Å². The Kier molecular flexibility index (Phi) is 4.41. The van der Waals surface area contributed by atoms with Crippen molar-refractivity contribution in [2.24, 2.45) is 0 Å². The van der Waals surface area contributed by atoms with Crippen molar-refractivity contribution in [3.05, 3.63) is 83.4 Å². The van der Waals surface area contributed by atoms with Gasteiger partial charge in [0, 0.05) is 5.56 Å². The van der Waals surface area contributed by atoms with Crippen molar-refractivity contribution in [2.45, 2.75) is 12.6 Å². The van der Waals surface area contributed by atoms with E-state index in [2.05, 4.69) is 4.98 Å². The van der Waals surface area contributed by atoms with Crippen LogP contribution in [-0.2, 0) is 11.3 Å². The molecule has 140 valence electrons. The summed E-state index contributed by atoms with van der Waals surface area (Å²) in [6, 6.07) is 18.9. The summed E-state index contributed by atoms with van der Waals surface area (Å²) < 4.78 is 5.91. The number of anilines is 2. The van der Waals surface area contributed by atoms with Gasteiger partial charge in [0.25, 0.3) is 5.91 Å². The second-order valence-corrected chi connectivity index (χ2v) is 6.40. The summed E-state index contributed by atoms with van der Waals surface area (Å²) in [7, 11) is 0. The first kappa shape index (κ1) is 17.5. The van der Waals surface area contributed by atoms with Gasteiger partial charge in [-0.25, -0.2) is 9.78 Å². The molecule has 7 nitrogen and oxygen atoms in total. The molecule has 7 heteroatoms. The lowest BCUT2D eigenvalue weighted by molar-refractivity contribution is -0.126. The van der Waals surface area contributed by atoms with E-state index < -0.39 is 12.1 Å². The van der Waals surface area contributed by atoms with Crippen LogP contribution in [0.2, 0.25) is 0 Å². The number of amides is 1. The van der Waals surface area contributed by atoms with Crippen molar-refractivity contribution in [3.63, 3.8) is 0 Å². The predicted molar refractivity (Wildman–Crippen MR) is 103 cm³/mol. The van der Waals surface area contributed by atoms with Crippen LogP contribution in [0, 0.1) is 0 Å². The number of pyridine rings is 1. The minimum absolute atomic E-state index is 0.149. The summed E-state index contributed by atoms with van der Waals surface area (Å²) in [5.41, 5.74) is 7.35. The molecule has 0 bridgehead atoms. The van der Waals surface area contributed by atoms with E-state index in [1.807, 2.05) is 30.3 Å². The first-order chi connectivity index (χ1) is 13.5. The molecule has 0 aliphatic carbocycles. The van der Waals surface area contributed by atoms with Crippen LogP contribution in [-0.4, -0.2) is 22.0 Å². The van der Waals surface area contributed by atoms with Crippen molar-refractivity contribution in [2.75, 3.05) is 10.6 Å². The highest BCUT2D eigenvalue weighted by Crippen LogP contribution is 2.38. The lowest BCUT2D eigenvalue weighted by Gasteiger charge is -2.33. The molecule has 1 atom stereocenters. The van der Waals surface area contributed by atoms with Gasteiger partial charge in [-0.2, -0.15) is 0 Å². The third-order valence-corrected chi connectivity index (χ3v) is 4.47. The van der Waals surface area contributed by atoms with Gasteiger partial charge in [0.2, 0.25) is 6.10 Å². The fourth-order valence-corrected chi connectivity index (χ4v) is 3.14. The number of aromatic nitrogens is 1. The molecule has 3 aromatic rings. The number of carboxylic acids is 1. The molecular weight excluding hydrogens is 358 g/mol. The van der Waals surface area contributed by atoms with Gasteiger partial charge < -0.3 is 15.6 Å². The van der Waals surface area contributed by atoms with Gasteiger partial charge in [-0.3, -0.25) is 9.69 Å². The minimum atomic E-state index is -1.03. The molecular formula is C21H17N3O4. The van der Waals surface area contributed by atoms with Gasteiger partial charge in [0.15, 0.2) is 11.6 Å². The topological polar surface area (TPSA) is 106 Å². The maximum Gasteiger partial charge on any atom is 0.335 e. The molecule has 0 fully saturated rings. The number of nitrogen functional groups attached to an aromatic ring is 1. The largest absolute Gasteiger partial charge is 0.478 e. The van der Waals surface area contributed by atoms with E-state index in [9.17, 15) is 14.7 Å². The number of hydrogen-bond donors (Lipinski definition) is 2. The number of rotatable bonds is 4. The summed E-state index contributed by atoms with van der Waals surface area (Å²) in [5.74, 6) is -0.301. The van der Waals surface area contributed by atoms with Gasteiger partial charge >= 0.3 is 5.97 Å². The monoisotopic (exact) mass is 375 g/mol. The molecule has 0 radical (unpaired) electrons. The summed E-state index contributed by atoms with van der Waals surface area (Å²) in [6.45, 7) is 0.149. The molecule has 2 aromatic carbocycles. The van der Waals surface area contributed by atoms with Crippen LogP contribution in [0.3, 0.4) is 0 Å². The Balaban J connectivity index is 1.75. The van der Waals surface area contributed by atoms with Crippen molar-refractivity contribution in [3.8, 4) is 5.75 Å². The van der Waals surface area contributed by atoms with E-state index >= 15 is 0 Å². The second-order valence-electron chi connectivity index (χ2n) is 6.40. The summed E-state index contributed by atoms with van der Waals surface area (Å²) in [4.78, 5) is 30.2. The third kappa shape index (κ3) is 3.25. The number of benzene rings is 2. The second kappa shape index (κ2) is 7.03.